The van der Waals surface area contributed by atoms with Gasteiger partial charge in [-0.05, 0) is 24.6 Å². The summed E-state index contributed by atoms with van der Waals surface area (Å²) in [6.45, 7) is 1.32. The van der Waals surface area contributed by atoms with Crippen LogP contribution in [0.1, 0.15) is 17.3 Å². The van der Waals surface area contributed by atoms with Gasteiger partial charge in [-0.25, -0.2) is 4.79 Å². The van der Waals surface area contributed by atoms with Crippen molar-refractivity contribution in [1.82, 2.24) is 5.32 Å². The first-order chi connectivity index (χ1) is 13.4. The second-order valence-electron chi connectivity index (χ2n) is 5.80. The molecule has 1 aromatic heterocycles. The first-order valence-corrected chi connectivity index (χ1v) is 8.78. The molecule has 0 aliphatic heterocycles. The summed E-state index contributed by atoms with van der Waals surface area (Å²) in [7, 11) is 0. The Morgan fingerprint density at radius 2 is 1.93 bits per heavy atom. The molecular weight excluding hydrogens is 386 g/mol. The van der Waals surface area contributed by atoms with E-state index in [-0.39, 0.29) is 22.6 Å². The molecule has 144 valence electrons. The van der Waals surface area contributed by atoms with Crippen LogP contribution >= 0.6 is 11.6 Å². The average molecular weight is 402 g/mol. The molecule has 8 heteroatoms. The van der Waals surface area contributed by atoms with E-state index in [1.165, 1.54) is 6.07 Å². The Hall–Kier alpha value is -3.32. The Kier molecular flexibility index (Phi) is 5.65. The van der Waals surface area contributed by atoms with Crippen molar-refractivity contribution in [3.8, 4) is 16.9 Å². The number of hydrogen-bond acceptors (Lipinski definition) is 6. The van der Waals surface area contributed by atoms with Gasteiger partial charge in [-0.3, -0.25) is 9.59 Å². The summed E-state index contributed by atoms with van der Waals surface area (Å²) in [4.78, 5) is 36.1. The number of rotatable bonds is 5. The van der Waals surface area contributed by atoms with Crippen molar-refractivity contribution in [2.75, 3.05) is 13.2 Å². The quantitative estimate of drug-likeness (QED) is 0.502. The normalized spacial score (nSPS) is 10.6. The second kappa shape index (κ2) is 8.14. The smallest absolute Gasteiger partial charge is 0.353 e. The summed E-state index contributed by atoms with van der Waals surface area (Å²) >= 11 is 6.16. The number of carbonyl (C=O) groups is 2. The molecule has 0 saturated heterocycles. The van der Waals surface area contributed by atoms with Crippen LogP contribution < -0.4 is 10.9 Å². The van der Waals surface area contributed by atoms with E-state index in [0.29, 0.717) is 5.56 Å². The van der Waals surface area contributed by atoms with Gasteiger partial charge in [0.1, 0.15) is 17.9 Å². The lowest BCUT2D eigenvalue weighted by Crippen LogP contribution is -2.33. The van der Waals surface area contributed by atoms with Gasteiger partial charge in [-0.2, -0.15) is 0 Å². The van der Waals surface area contributed by atoms with Crippen LogP contribution in [0.3, 0.4) is 0 Å². The zero-order valence-corrected chi connectivity index (χ0v) is 15.6. The van der Waals surface area contributed by atoms with Crippen LogP contribution in [0.2, 0.25) is 5.02 Å². The Morgan fingerprint density at radius 3 is 2.61 bits per heavy atom. The first-order valence-electron chi connectivity index (χ1n) is 8.41. The predicted molar refractivity (Wildman–Crippen MR) is 104 cm³/mol. The SMILES string of the molecule is CCOC(=O)CNC(=O)c1c(O)c2cc(Cl)cc(-c3ccccc3)c2oc1=O. The van der Waals surface area contributed by atoms with Crippen LogP contribution in [0, 0.1) is 0 Å². The molecule has 3 aromatic rings. The van der Waals surface area contributed by atoms with Crippen molar-refractivity contribution in [2.45, 2.75) is 6.92 Å². The van der Waals surface area contributed by atoms with Crippen LogP contribution in [0.4, 0.5) is 0 Å². The topological polar surface area (TPSA) is 106 Å². The highest BCUT2D eigenvalue weighted by atomic mass is 35.5. The van der Waals surface area contributed by atoms with E-state index < -0.39 is 35.4 Å². The minimum Gasteiger partial charge on any atom is -0.506 e. The number of esters is 1. The average Bonchev–Trinajstić information content (AvgIpc) is 2.67. The van der Waals surface area contributed by atoms with Crippen molar-refractivity contribution >= 4 is 34.4 Å². The van der Waals surface area contributed by atoms with E-state index in [4.69, 9.17) is 20.8 Å². The summed E-state index contributed by atoms with van der Waals surface area (Å²) < 4.78 is 10.0. The minimum atomic E-state index is -1.04. The molecule has 2 N–H and O–H groups in total. The maximum Gasteiger partial charge on any atom is 0.353 e. The lowest BCUT2D eigenvalue weighted by molar-refractivity contribution is -0.141. The summed E-state index contributed by atoms with van der Waals surface area (Å²) in [6, 6.07) is 12.0. The fraction of sp³-hybridized carbons (Fsp3) is 0.150. The molecule has 2 aromatic carbocycles. The van der Waals surface area contributed by atoms with Crippen molar-refractivity contribution in [2.24, 2.45) is 0 Å². The van der Waals surface area contributed by atoms with Gasteiger partial charge in [0.25, 0.3) is 5.91 Å². The van der Waals surface area contributed by atoms with E-state index in [1.807, 2.05) is 6.07 Å². The fourth-order valence-corrected chi connectivity index (χ4v) is 2.96. The van der Waals surface area contributed by atoms with Gasteiger partial charge in [0.2, 0.25) is 0 Å². The molecule has 1 heterocycles. The molecule has 1 amide bonds. The lowest BCUT2D eigenvalue weighted by Gasteiger charge is -2.11. The van der Waals surface area contributed by atoms with Gasteiger partial charge >= 0.3 is 11.6 Å². The molecular formula is C20H16ClNO6. The van der Waals surface area contributed by atoms with Gasteiger partial charge in [-0.1, -0.05) is 41.9 Å². The van der Waals surface area contributed by atoms with Crippen LogP contribution in [-0.2, 0) is 9.53 Å². The molecule has 0 fully saturated rings. The van der Waals surface area contributed by atoms with Gasteiger partial charge in [0.05, 0.1) is 12.0 Å². The molecule has 0 atom stereocenters. The van der Waals surface area contributed by atoms with E-state index in [2.05, 4.69) is 5.32 Å². The van der Waals surface area contributed by atoms with E-state index in [9.17, 15) is 19.5 Å². The van der Waals surface area contributed by atoms with Gasteiger partial charge in [-0.15, -0.1) is 0 Å². The molecule has 7 nitrogen and oxygen atoms in total. The Morgan fingerprint density at radius 1 is 1.21 bits per heavy atom. The van der Waals surface area contributed by atoms with Crippen LogP contribution in [0.15, 0.2) is 51.7 Å². The predicted octanol–water partition coefficient (Wildman–Crippen LogP) is 3.11. The number of fused-ring (bicyclic) bond motifs is 1. The van der Waals surface area contributed by atoms with Crippen molar-refractivity contribution in [3.05, 3.63) is 63.5 Å². The number of halogens is 1. The third kappa shape index (κ3) is 3.84. The Labute approximate surface area is 164 Å². The molecule has 0 unspecified atom stereocenters. The van der Waals surface area contributed by atoms with Crippen LogP contribution in [0.25, 0.3) is 22.1 Å². The van der Waals surface area contributed by atoms with Crippen molar-refractivity contribution < 1.29 is 23.8 Å². The van der Waals surface area contributed by atoms with Gasteiger partial charge in [0, 0.05) is 10.6 Å². The van der Waals surface area contributed by atoms with Crippen molar-refractivity contribution in [3.63, 3.8) is 0 Å². The van der Waals surface area contributed by atoms with Gasteiger partial charge < -0.3 is 19.6 Å². The highest BCUT2D eigenvalue weighted by Gasteiger charge is 2.23. The minimum absolute atomic E-state index is 0.0973. The van der Waals surface area contributed by atoms with E-state index in [1.54, 1.807) is 37.3 Å². The maximum atomic E-state index is 12.4. The fourth-order valence-electron chi connectivity index (χ4n) is 2.74. The highest BCUT2D eigenvalue weighted by molar-refractivity contribution is 6.32. The molecule has 0 spiro atoms. The molecule has 3 rings (SSSR count). The Bertz CT molecular complexity index is 1110. The summed E-state index contributed by atoms with van der Waals surface area (Å²) in [5.74, 6) is -2.20. The third-order valence-corrected chi connectivity index (χ3v) is 4.17. The lowest BCUT2D eigenvalue weighted by atomic mass is 10.0. The zero-order chi connectivity index (χ0) is 20.3. The first kappa shape index (κ1) is 19.4. The second-order valence-corrected chi connectivity index (χ2v) is 6.23. The number of carbonyl (C=O) groups excluding carboxylic acids is 2. The molecule has 28 heavy (non-hydrogen) atoms. The van der Waals surface area contributed by atoms with Crippen molar-refractivity contribution in [1.29, 1.82) is 0 Å². The van der Waals surface area contributed by atoms with Crippen LogP contribution in [0.5, 0.6) is 5.75 Å². The van der Waals surface area contributed by atoms with Gasteiger partial charge in [0.15, 0.2) is 5.56 Å². The number of aromatic hydroxyl groups is 1. The van der Waals surface area contributed by atoms with E-state index in [0.717, 1.165) is 5.56 Å². The summed E-state index contributed by atoms with van der Waals surface area (Å²) in [5.41, 5.74) is -0.338. The number of ether oxygens (including phenoxy) is 1. The Balaban J connectivity index is 2.09. The molecule has 0 saturated carbocycles. The zero-order valence-electron chi connectivity index (χ0n) is 14.8. The highest BCUT2D eigenvalue weighted by Crippen LogP contribution is 2.36. The number of benzene rings is 2. The molecule has 0 radical (unpaired) electrons. The largest absolute Gasteiger partial charge is 0.506 e. The number of amides is 1. The number of hydrogen-bond donors (Lipinski definition) is 2. The van der Waals surface area contributed by atoms with E-state index >= 15 is 0 Å². The number of nitrogens with one attached hydrogen (secondary N) is 1. The molecule has 0 aliphatic carbocycles. The third-order valence-electron chi connectivity index (χ3n) is 3.95. The standard InChI is InChI=1S/C20H16ClNO6/c1-2-27-15(23)10-22-19(25)16-17(24)14-9-12(21)8-13(18(14)28-20(16)26)11-6-4-3-5-7-11/h3-9,24H,2,10H2,1H3,(H,22,25). The molecule has 0 bridgehead atoms. The summed E-state index contributed by atoms with van der Waals surface area (Å²) in [6.07, 6.45) is 0. The summed E-state index contributed by atoms with van der Waals surface area (Å²) in [5, 5.41) is 13.2. The van der Waals surface area contributed by atoms with Crippen LogP contribution in [-0.4, -0.2) is 30.1 Å². The maximum absolute atomic E-state index is 12.4. The monoisotopic (exact) mass is 401 g/mol. The molecule has 0 aliphatic rings.